The Labute approximate surface area is 157 Å². The van der Waals surface area contributed by atoms with Crippen LogP contribution in [0.3, 0.4) is 0 Å². The van der Waals surface area contributed by atoms with Gasteiger partial charge in [-0.05, 0) is 30.3 Å². The maximum atomic E-state index is 12.0. The number of ether oxygens (including phenoxy) is 1. The molecular formula is C16H12Cl2N4O2S. The van der Waals surface area contributed by atoms with Crippen molar-refractivity contribution in [2.24, 2.45) is 0 Å². The van der Waals surface area contributed by atoms with Crippen molar-refractivity contribution < 1.29 is 9.53 Å². The van der Waals surface area contributed by atoms with Gasteiger partial charge in [0.2, 0.25) is 5.13 Å². The highest BCUT2D eigenvalue weighted by molar-refractivity contribution is 7.15. The fourth-order valence-electron chi connectivity index (χ4n) is 1.86. The molecule has 6 nitrogen and oxygen atoms in total. The Morgan fingerprint density at radius 2 is 1.84 bits per heavy atom. The van der Waals surface area contributed by atoms with Crippen molar-refractivity contribution >= 4 is 51.4 Å². The molecule has 3 aromatic rings. The standard InChI is InChI=1S/C16H12Cl2N4O2S/c17-12-7-6-10(8-13(12)18)19-15(23)20-16-22-21-14(25-16)9-24-11-4-2-1-3-5-11/h1-8H,9H2,(H2,19,20,22,23). The number of hydrogen-bond acceptors (Lipinski definition) is 5. The van der Waals surface area contributed by atoms with Crippen molar-refractivity contribution in [2.75, 3.05) is 10.6 Å². The summed E-state index contributed by atoms with van der Waals surface area (Å²) in [5.74, 6) is 0.740. The van der Waals surface area contributed by atoms with E-state index in [2.05, 4.69) is 20.8 Å². The van der Waals surface area contributed by atoms with E-state index in [4.69, 9.17) is 27.9 Å². The minimum absolute atomic E-state index is 0.276. The number of carbonyl (C=O) groups is 1. The molecule has 0 aliphatic rings. The first-order valence-corrected chi connectivity index (χ1v) is 8.71. The van der Waals surface area contributed by atoms with Crippen LogP contribution in [0, 0.1) is 0 Å². The summed E-state index contributed by atoms with van der Waals surface area (Å²) in [7, 11) is 0. The zero-order valence-corrected chi connectivity index (χ0v) is 15.0. The third-order valence-corrected chi connectivity index (χ3v) is 4.52. The van der Waals surface area contributed by atoms with Gasteiger partial charge in [0.15, 0.2) is 5.01 Å². The summed E-state index contributed by atoms with van der Waals surface area (Å²) in [6.07, 6.45) is 0. The quantitative estimate of drug-likeness (QED) is 0.633. The molecule has 3 rings (SSSR count). The molecule has 128 valence electrons. The SMILES string of the molecule is O=C(Nc1ccc(Cl)c(Cl)c1)Nc1nnc(COc2ccccc2)s1. The Morgan fingerprint density at radius 1 is 1.04 bits per heavy atom. The Bertz CT molecular complexity index is 874. The summed E-state index contributed by atoms with van der Waals surface area (Å²) >= 11 is 13.0. The number of nitrogens with one attached hydrogen (secondary N) is 2. The zero-order chi connectivity index (χ0) is 17.6. The number of anilines is 2. The van der Waals surface area contributed by atoms with Gasteiger partial charge in [-0.3, -0.25) is 5.32 Å². The summed E-state index contributed by atoms with van der Waals surface area (Å²) in [4.78, 5) is 12.0. The third kappa shape index (κ3) is 5.06. The average molecular weight is 395 g/mol. The molecule has 0 saturated heterocycles. The van der Waals surface area contributed by atoms with Crippen LogP contribution in [-0.4, -0.2) is 16.2 Å². The molecule has 0 atom stereocenters. The number of halogens is 2. The summed E-state index contributed by atoms with van der Waals surface area (Å²) in [5, 5.41) is 14.9. The summed E-state index contributed by atoms with van der Waals surface area (Å²) in [6, 6.07) is 13.7. The molecule has 0 radical (unpaired) electrons. The molecule has 0 saturated carbocycles. The second-order valence-electron chi connectivity index (χ2n) is 4.81. The van der Waals surface area contributed by atoms with E-state index in [1.807, 2.05) is 30.3 Å². The van der Waals surface area contributed by atoms with E-state index in [0.717, 1.165) is 5.75 Å². The molecule has 2 amide bonds. The molecule has 0 spiro atoms. The van der Waals surface area contributed by atoms with Gasteiger partial charge in [0.05, 0.1) is 10.0 Å². The van der Waals surface area contributed by atoms with Crippen LogP contribution in [0.25, 0.3) is 0 Å². The number of nitrogens with zero attached hydrogens (tertiary/aromatic N) is 2. The number of hydrogen-bond donors (Lipinski definition) is 2. The highest BCUT2D eigenvalue weighted by Gasteiger charge is 2.09. The summed E-state index contributed by atoms with van der Waals surface area (Å²) in [6.45, 7) is 0.276. The predicted octanol–water partition coefficient (Wildman–Crippen LogP) is 5.07. The van der Waals surface area contributed by atoms with Gasteiger partial charge in [0.1, 0.15) is 12.4 Å². The topological polar surface area (TPSA) is 76.1 Å². The van der Waals surface area contributed by atoms with Crippen LogP contribution in [-0.2, 0) is 6.61 Å². The molecule has 25 heavy (non-hydrogen) atoms. The second-order valence-corrected chi connectivity index (χ2v) is 6.69. The number of carbonyl (C=O) groups excluding carboxylic acids is 1. The molecule has 0 bridgehead atoms. The van der Waals surface area contributed by atoms with Crippen molar-refractivity contribution in [1.29, 1.82) is 0 Å². The fraction of sp³-hybridized carbons (Fsp3) is 0.0625. The van der Waals surface area contributed by atoms with Crippen molar-refractivity contribution in [3.8, 4) is 5.75 Å². The van der Waals surface area contributed by atoms with Gasteiger partial charge < -0.3 is 10.1 Å². The first-order valence-electron chi connectivity index (χ1n) is 7.13. The van der Waals surface area contributed by atoms with Crippen molar-refractivity contribution in [3.63, 3.8) is 0 Å². The van der Waals surface area contributed by atoms with Crippen LogP contribution in [0.2, 0.25) is 10.0 Å². The molecule has 2 N–H and O–H groups in total. The van der Waals surface area contributed by atoms with Crippen molar-refractivity contribution in [3.05, 3.63) is 63.6 Å². The minimum atomic E-state index is -0.454. The number of para-hydroxylation sites is 1. The van der Waals surface area contributed by atoms with Gasteiger partial charge in [-0.15, -0.1) is 10.2 Å². The van der Waals surface area contributed by atoms with E-state index in [1.54, 1.807) is 18.2 Å². The smallest absolute Gasteiger partial charge is 0.325 e. The monoisotopic (exact) mass is 394 g/mol. The van der Waals surface area contributed by atoms with Gasteiger partial charge in [0.25, 0.3) is 0 Å². The zero-order valence-electron chi connectivity index (χ0n) is 12.7. The lowest BCUT2D eigenvalue weighted by atomic mass is 10.3. The lowest BCUT2D eigenvalue weighted by Crippen LogP contribution is -2.19. The van der Waals surface area contributed by atoms with E-state index in [1.165, 1.54) is 11.3 Å². The lowest BCUT2D eigenvalue weighted by molar-refractivity contribution is 0.262. The summed E-state index contributed by atoms with van der Waals surface area (Å²) in [5.41, 5.74) is 0.518. The van der Waals surface area contributed by atoms with E-state index < -0.39 is 6.03 Å². The number of aromatic nitrogens is 2. The van der Waals surface area contributed by atoms with Crippen molar-refractivity contribution in [1.82, 2.24) is 10.2 Å². The number of urea groups is 1. The largest absolute Gasteiger partial charge is 0.486 e. The molecule has 9 heteroatoms. The lowest BCUT2D eigenvalue weighted by Gasteiger charge is -2.06. The first kappa shape index (κ1) is 17.5. The fourth-order valence-corrected chi connectivity index (χ4v) is 2.80. The van der Waals surface area contributed by atoms with E-state index in [-0.39, 0.29) is 6.61 Å². The van der Waals surface area contributed by atoms with Crippen molar-refractivity contribution in [2.45, 2.75) is 6.61 Å². The third-order valence-electron chi connectivity index (χ3n) is 2.97. The average Bonchev–Trinajstić information content (AvgIpc) is 3.04. The van der Waals surface area contributed by atoms with Crippen LogP contribution in [0.4, 0.5) is 15.6 Å². The Hall–Kier alpha value is -2.35. The molecule has 1 heterocycles. The maximum Gasteiger partial charge on any atom is 0.325 e. The van der Waals surface area contributed by atoms with Gasteiger partial charge >= 0.3 is 6.03 Å². The highest BCUT2D eigenvalue weighted by atomic mass is 35.5. The Kier molecular flexibility index (Phi) is 5.70. The van der Waals surface area contributed by atoms with Crippen LogP contribution >= 0.6 is 34.5 Å². The van der Waals surface area contributed by atoms with Crippen LogP contribution in [0.15, 0.2) is 48.5 Å². The summed E-state index contributed by atoms with van der Waals surface area (Å²) < 4.78 is 5.58. The Balaban J connectivity index is 1.53. The molecule has 0 fully saturated rings. The van der Waals surface area contributed by atoms with Gasteiger partial charge in [-0.25, -0.2) is 4.79 Å². The number of benzene rings is 2. The van der Waals surface area contributed by atoms with Gasteiger partial charge in [-0.2, -0.15) is 0 Å². The highest BCUT2D eigenvalue weighted by Crippen LogP contribution is 2.25. The maximum absolute atomic E-state index is 12.0. The minimum Gasteiger partial charge on any atom is -0.486 e. The number of amides is 2. The van der Waals surface area contributed by atoms with Gasteiger partial charge in [0, 0.05) is 5.69 Å². The van der Waals surface area contributed by atoms with E-state index >= 15 is 0 Å². The molecule has 0 unspecified atom stereocenters. The Morgan fingerprint density at radius 3 is 2.60 bits per heavy atom. The predicted molar refractivity (Wildman–Crippen MR) is 99.8 cm³/mol. The van der Waals surface area contributed by atoms with Gasteiger partial charge in [-0.1, -0.05) is 52.7 Å². The van der Waals surface area contributed by atoms with Crippen LogP contribution in [0.5, 0.6) is 5.75 Å². The molecule has 1 aromatic heterocycles. The number of rotatable bonds is 5. The van der Waals surface area contributed by atoms with Crippen LogP contribution in [0.1, 0.15) is 5.01 Å². The first-order chi connectivity index (χ1) is 12.1. The van der Waals surface area contributed by atoms with E-state index in [9.17, 15) is 4.79 Å². The second kappa shape index (κ2) is 8.15. The molecule has 0 aliphatic carbocycles. The molecule has 2 aromatic carbocycles. The molecule has 0 aliphatic heterocycles. The van der Waals surface area contributed by atoms with Crippen LogP contribution < -0.4 is 15.4 Å². The normalized spacial score (nSPS) is 10.3. The van der Waals surface area contributed by atoms with E-state index in [0.29, 0.717) is 25.9 Å². The molecular weight excluding hydrogens is 383 g/mol.